The molecule has 0 aliphatic carbocycles. The number of hydrogen-bond donors (Lipinski definition) is 0. The fourth-order valence-electron chi connectivity index (χ4n) is 4.45. The monoisotopic (exact) mass is 624 g/mol. The number of halogens is 9. The first kappa shape index (κ1) is 32.5. The Labute approximate surface area is 247 Å². The molecular weight excluding hydrogens is 599 g/mol. The molecule has 0 atom stereocenters. The highest BCUT2D eigenvalue weighted by Gasteiger charge is 2.41. The summed E-state index contributed by atoms with van der Waals surface area (Å²) in [5, 5.41) is 0. The largest absolute Gasteiger partial charge is 0.459 e. The van der Waals surface area contributed by atoms with E-state index in [1.54, 1.807) is 0 Å². The Morgan fingerprint density at radius 3 is 1.86 bits per heavy atom. The Morgan fingerprint density at radius 1 is 0.705 bits per heavy atom. The zero-order valence-electron chi connectivity index (χ0n) is 23.1. The second kappa shape index (κ2) is 13.9. The van der Waals surface area contributed by atoms with Gasteiger partial charge in [-0.2, -0.15) is 8.78 Å². The van der Waals surface area contributed by atoms with Gasteiger partial charge in [0.05, 0.1) is 6.26 Å². The van der Waals surface area contributed by atoms with Gasteiger partial charge in [0.15, 0.2) is 17.4 Å². The predicted molar refractivity (Wildman–Crippen MR) is 147 cm³/mol. The number of ether oxygens (including phenoxy) is 2. The van der Waals surface area contributed by atoms with Crippen molar-refractivity contribution < 1.29 is 49.0 Å². The molecule has 4 aromatic carbocycles. The van der Waals surface area contributed by atoms with Gasteiger partial charge in [0.2, 0.25) is 0 Å². The van der Waals surface area contributed by atoms with Gasteiger partial charge in [-0.3, -0.25) is 0 Å². The van der Waals surface area contributed by atoms with Gasteiger partial charge in [-0.25, -0.2) is 30.7 Å². The van der Waals surface area contributed by atoms with E-state index in [9.17, 15) is 35.1 Å². The predicted octanol–water partition coefficient (Wildman–Crippen LogP) is 10.7. The van der Waals surface area contributed by atoms with Gasteiger partial charge in [-0.15, -0.1) is 0 Å². The molecule has 0 heterocycles. The van der Waals surface area contributed by atoms with E-state index in [-0.39, 0.29) is 35.6 Å². The number of alkyl halides is 4. The number of unbranched alkanes of at least 4 members (excludes halogenated alkanes) is 2. The van der Waals surface area contributed by atoms with Crippen molar-refractivity contribution >= 4 is 0 Å². The summed E-state index contributed by atoms with van der Waals surface area (Å²) in [5.74, 6) is -10.1. The summed E-state index contributed by atoms with van der Waals surface area (Å²) in [6.45, 7) is 2.11. The lowest BCUT2D eigenvalue weighted by molar-refractivity contribution is -0.189. The van der Waals surface area contributed by atoms with Gasteiger partial charge in [0, 0.05) is 23.8 Å². The third-order valence-corrected chi connectivity index (χ3v) is 6.60. The second-order valence-corrected chi connectivity index (χ2v) is 9.78. The number of aryl methyl sites for hydroxylation is 1. The van der Waals surface area contributed by atoms with Crippen LogP contribution in [0.25, 0.3) is 22.3 Å². The molecule has 0 saturated carbocycles. The molecule has 0 saturated heterocycles. The van der Waals surface area contributed by atoms with Crippen LogP contribution in [0, 0.1) is 29.1 Å². The van der Waals surface area contributed by atoms with Crippen molar-refractivity contribution in [1.82, 2.24) is 0 Å². The average Bonchev–Trinajstić information content (AvgIpc) is 2.94. The lowest BCUT2D eigenvalue weighted by Crippen LogP contribution is -2.25. The molecule has 232 valence electrons. The molecule has 44 heavy (non-hydrogen) atoms. The maximum Gasteiger partial charge on any atom is 0.432 e. The molecule has 2 nitrogen and oxygen atoms in total. The average molecular weight is 625 g/mol. The van der Waals surface area contributed by atoms with Crippen molar-refractivity contribution in [2.75, 3.05) is 0 Å². The SMILES string of the molecule is CCCCCc1ccc(-c2ccc(-c3cc(F)c(C(F)(F)Oc4cc(F)c(O/C=C/C(F)F)c(F)c4)c(F)c3)c(F)c2)cc1. The van der Waals surface area contributed by atoms with Crippen LogP contribution in [0.15, 0.2) is 79.1 Å². The molecule has 0 N–H and O–H groups in total. The minimum Gasteiger partial charge on any atom is -0.459 e. The van der Waals surface area contributed by atoms with Gasteiger partial charge in [0.1, 0.15) is 28.8 Å². The Balaban J connectivity index is 1.55. The molecule has 0 spiro atoms. The van der Waals surface area contributed by atoms with Crippen molar-refractivity contribution in [2.45, 2.75) is 45.1 Å². The third kappa shape index (κ3) is 7.75. The second-order valence-electron chi connectivity index (χ2n) is 9.78. The Hall–Kier alpha value is -4.41. The van der Waals surface area contributed by atoms with Gasteiger partial charge in [-0.05, 0) is 53.3 Å². The molecule has 0 radical (unpaired) electrons. The highest BCUT2D eigenvalue weighted by Crippen LogP contribution is 2.39. The van der Waals surface area contributed by atoms with Crippen LogP contribution in [-0.4, -0.2) is 6.43 Å². The van der Waals surface area contributed by atoms with Crippen LogP contribution in [0.2, 0.25) is 0 Å². The Morgan fingerprint density at radius 2 is 1.30 bits per heavy atom. The lowest BCUT2D eigenvalue weighted by atomic mass is 9.97. The van der Waals surface area contributed by atoms with Crippen LogP contribution in [0.5, 0.6) is 11.5 Å². The van der Waals surface area contributed by atoms with E-state index < -0.39 is 58.7 Å². The van der Waals surface area contributed by atoms with E-state index in [0.717, 1.165) is 37.3 Å². The van der Waals surface area contributed by atoms with Gasteiger partial charge in [0.25, 0.3) is 6.43 Å². The summed E-state index contributed by atoms with van der Waals surface area (Å²) < 4.78 is 136. The van der Waals surface area contributed by atoms with Crippen LogP contribution in [0.4, 0.5) is 39.5 Å². The number of rotatable bonds is 12. The maximum absolute atomic E-state index is 15.1. The summed E-state index contributed by atoms with van der Waals surface area (Å²) in [6, 6.07) is 12.8. The first-order valence-corrected chi connectivity index (χ1v) is 13.5. The molecule has 0 aliphatic rings. The molecule has 4 aromatic rings. The highest BCUT2D eigenvalue weighted by atomic mass is 19.3. The van der Waals surface area contributed by atoms with Crippen LogP contribution in [-0.2, 0) is 12.5 Å². The van der Waals surface area contributed by atoms with E-state index in [1.165, 1.54) is 12.1 Å². The molecule has 0 aliphatic heterocycles. The van der Waals surface area contributed by atoms with Crippen molar-refractivity contribution in [3.05, 3.63) is 119 Å². The van der Waals surface area contributed by atoms with E-state index >= 15 is 4.39 Å². The van der Waals surface area contributed by atoms with Crippen molar-refractivity contribution in [2.24, 2.45) is 0 Å². The summed E-state index contributed by atoms with van der Waals surface area (Å²) in [7, 11) is 0. The highest BCUT2D eigenvalue weighted by molar-refractivity contribution is 5.71. The lowest BCUT2D eigenvalue weighted by Gasteiger charge is -2.20. The van der Waals surface area contributed by atoms with E-state index in [4.69, 9.17) is 0 Å². The zero-order valence-corrected chi connectivity index (χ0v) is 23.1. The molecule has 11 heteroatoms. The van der Waals surface area contributed by atoms with Crippen LogP contribution >= 0.6 is 0 Å². The van der Waals surface area contributed by atoms with Gasteiger partial charge >= 0.3 is 6.11 Å². The first-order chi connectivity index (χ1) is 20.9. The molecule has 0 unspecified atom stereocenters. The van der Waals surface area contributed by atoms with E-state index in [1.807, 2.05) is 24.3 Å². The Kier molecular flexibility index (Phi) is 10.3. The summed E-state index contributed by atoms with van der Waals surface area (Å²) in [6.07, 6.45) is -3.15. The van der Waals surface area contributed by atoms with E-state index in [0.29, 0.717) is 23.3 Å². The molecule has 0 amide bonds. The summed E-state index contributed by atoms with van der Waals surface area (Å²) in [4.78, 5) is 0. The smallest absolute Gasteiger partial charge is 0.432 e. The summed E-state index contributed by atoms with van der Waals surface area (Å²) >= 11 is 0. The fraction of sp³-hybridized carbons (Fsp3) is 0.212. The molecule has 4 rings (SSSR count). The maximum atomic E-state index is 15.1. The Bertz CT molecular complexity index is 1590. The quantitative estimate of drug-likeness (QED) is 0.0887. The first-order valence-electron chi connectivity index (χ1n) is 13.5. The zero-order chi connectivity index (χ0) is 32.0. The van der Waals surface area contributed by atoms with Crippen LogP contribution < -0.4 is 9.47 Å². The van der Waals surface area contributed by atoms with Crippen LogP contribution in [0.1, 0.15) is 37.3 Å². The topological polar surface area (TPSA) is 18.5 Å². The van der Waals surface area contributed by atoms with Gasteiger partial charge < -0.3 is 9.47 Å². The minimum absolute atomic E-state index is 0.167. The summed E-state index contributed by atoms with van der Waals surface area (Å²) in [5.41, 5.74) is -0.212. The van der Waals surface area contributed by atoms with Crippen molar-refractivity contribution in [3.63, 3.8) is 0 Å². The van der Waals surface area contributed by atoms with Crippen molar-refractivity contribution in [1.29, 1.82) is 0 Å². The molecular formula is C33H25F9O2. The van der Waals surface area contributed by atoms with Crippen LogP contribution in [0.3, 0.4) is 0 Å². The van der Waals surface area contributed by atoms with Gasteiger partial charge in [-0.1, -0.05) is 56.2 Å². The number of hydrogen-bond acceptors (Lipinski definition) is 2. The van der Waals surface area contributed by atoms with E-state index in [2.05, 4.69) is 16.4 Å². The molecule has 0 fully saturated rings. The minimum atomic E-state index is -4.78. The number of allylic oxidation sites excluding steroid dienone is 1. The molecule has 0 aromatic heterocycles. The van der Waals surface area contributed by atoms with Crippen molar-refractivity contribution in [3.8, 4) is 33.8 Å². The third-order valence-electron chi connectivity index (χ3n) is 6.60. The number of benzene rings is 4. The fourth-order valence-corrected chi connectivity index (χ4v) is 4.45. The standard InChI is InChI=1S/C33H25F9O2/c1-2-3-4-5-19-6-8-20(9-7-19)21-10-11-24(25(34)14-21)22-15-26(35)31(27(36)16-22)33(41,42)44-23-17-28(37)32(29(38)18-23)43-13-12-30(39)40/h6-18,30H,2-5H2,1H3/b13-12+. The molecule has 0 bridgehead atoms. The normalized spacial score (nSPS) is 11.9.